The van der Waals surface area contributed by atoms with E-state index >= 15 is 4.39 Å². The number of amides is 1. The summed E-state index contributed by atoms with van der Waals surface area (Å²) in [4.78, 5) is 22.6. The number of fused-ring (bicyclic) bond motifs is 1. The molecule has 31 heavy (non-hydrogen) atoms. The molecule has 0 saturated carbocycles. The van der Waals surface area contributed by atoms with E-state index < -0.39 is 23.4 Å². The van der Waals surface area contributed by atoms with Crippen molar-refractivity contribution < 1.29 is 19.0 Å². The number of aliphatic hydroxyl groups is 1. The molecule has 1 aromatic carbocycles. The van der Waals surface area contributed by atoms with Crippen LogP contribution in [-0.2, 0) is 5.60 Å². The number of nitrogens with zero attached hydrogens (tertiary/aromatic N) is 4. The Morgan fingerprint density at radius 2 is 2.06 bits per heavy atom. The first-order chi connectivity index (χ1) is 14.4. The molecule has 0 spiro atoms. The second kappa shape index (κ2) is 7.97. The number of nitrogens with two attached hydrogens (primary N) is 1. The first kappa shape index (κ1) is 22.8. The highest BCUT2D eigenvalue weighted by atomic mass is 35.5. The molecule has 8 nitrogen and oxygen atoms in total. The van der Waals surface area contributed by atoms with Crippen LogP contribution in [0.1, 0.15) is 48.2 Å². The molecule has 0 unspecified atom stereocenters. The van der Waals surface area contributed by atoms with Crippen LogP contribution >= 0.6 is 11.6 Å². The fourth-order valence-electron chi connectivity index (χ4n) is 3.45. The van der Waals surface area contributed by atoms with Gasteiger partial charge in [-0.05, 0) is 33.8 Å². The minimum atomic E-state index is -1.83. The smallest absolute Gasteiger partial charge is 0.260 e. The molecule has 3 aromatic rings. The monoisotopic (exact) mass is 449 g/mol. The lowest BCUT2D eigenvalue weighted by Crippen LogP contribution is -2.30. The van der Waals surface area contributed by atoms with Gasteiger partial charge in [0.25, 0.3) is 5.91 Å². The molecule has 3 N–H and O–H groups in total. The van der Waals surface area contributed by atoms with E-state index in [1.54, 1.807) is 31.4 Å². The predicted molar refractivity (Wildman–Crippen MR) is 116 cm³/mol. The maximum atomic E-state index is 15.0. The number of anilines is 1. The Morgan fingerprint density at radius 3 is 2.65 bits per heavy atom. The minimum Gasteiger partial charge on any atom is -0.490 e. The first-order valence-corrected chi connectivity index (χ1v) is 9.98. The number of benzene rings is 1. The van der Waals surface area contributed by atoms with E-state index in [4.69, 9.17) is 22.1 Å². The molecule has 2 heterocycles. The van der Waals surface area contributed by atoms with Gasteiger partial charge in [-0.25, -0.2) is 14.4 Å². The summed E-state index contributed by atoms with van der Waals surface area (Å²) in [6, 6.07) is 1.25. The number of nitrogen functional groups attached to an aromatic ring is 1. The molecule has 0 saturated heterocycles. The zero-order valence-electron chi connectivity index (χ0n) is 18.2. The van der Waals surface area contributed by atoms with Gasteiger partial charge in [-0.1, -0.05) is 11.6 Å². The second-order valence-corrected chi connectivity index (χ2v) is 8.32. The molecular weight excluding hydrogens is 425 g/mol. The average molecular weight is 450 g/mol. The number of aromatic nitrogens is 3. The third kappa shape index (κ3) is 3.79. The molecule has 166 valence electrons. The number of halogens is 2. The van der Waals surface area contributed by atoms with E-state index in [1.807, 2.05) is 0 Å². The van der Waals surface area contributed by atoms with Gasteiger partial charge in [0.2, 0.25) is 0 Å². The average Bonchev–Trinajstić information content (AvgIpc) is 3.02. The maximum Gasteiger partial charge on any atom is 0.260 e. The molecular formula is C21H25ClFN5O3. The van der Waals surface area contributed by atoms with Crippen molar-refractivity contribution in [1.29, 1.82) is 0 Å². The molecule has 1 atom stereocenters. The number of hydrogen-bond acceptors (Lipinski definition) is 6. The first-order valence-electron chi connectivity index (χ1n) is 9.60. The number of aryl methyl sites for hydroxylation is 1. The van der Waals surface area contributed by atoms with E-state index in [0.29, 0.717) is 11.2 Å². The van der Waals surface area contributed by atoms with Crippen molar-refractivity contribution in [1.82, 2.24) is 19.3 Å². The standard InChI is InChI=1S/C21H25ClFN5O3/c1-10(2)31-17-12(9-13(22)15(23)14(17)19(29)27(5)6)21(4,30)20-26-11(3)16-18(24)25-7-8-28(16)20/h7-10,30H,1-6H3,(H2,24,25)/t21-/m0/s1. The van der Waals surface area contributed by atoms with E-state index in [1.165, 1.54) is 38.2 Å². The lowest BCUT2D eigenvalue weighted by Gasteiger charge is -2.28. The fraction of sp³-hybridized carbons (Fsp3) is 0.381. The molecule has 0 aliphatic carbocycles. The Labute approximate surface area is 184 Å². The number of carbonyl (C=O) groups excluding carboxylic acids is 1. The molecule has 0 fully saturated rings. The highest BCUT2D eigenvalue weighted by Crippen LogP contribution is 2.42. The summed E-state index contributed by atoms with van der Waals surface area (Å²) in [6.45, 7) is 6.67. The van der Waals surface area contributed by atoms with Gasteiger partial charge in [-0.15, -0.1) is 0 Å². The van der Waals surface area contributed by atoms with Gasteiger partial charge in [0, 0.05) is 32.1 Å². The Balaban J connectivity index is 2.39. The number of ether oxygens (including phenoxy) is 1. The van der Waals surface area contributed by atoms with Crippen molar-refractivity contribution >= 4 is 28.8 Å². The lowest BCUT2D eigenvalue weighted by molar-refractivity contribution is 0.0791. The molecule has 2 aromatic heterocycles. The largest absolute Gasteiger partial charge is 0.490 e. The minimum absolute atomic E-state index is 0.0973. The van der Waals surface area contributed by atoms with Crippen molar-refractivity contribution in [3.8, 4) is 5.75 Å². The summed E-state index contributed by atoms with van der Waals surface area (Å²) in [5, 5.41) is 11.4. The molecule has 0 aliphatic rings. The predicted octanol–water partition coefficient (Wildman–Crippen LogP) is 3.16. The Bertz CT molecular complexity index is 1170. The van der Waals surface area contributed by atoms with Gasteiger partial charge in [0.15, 0.2) is 5.82 Å². The summed E-state index contributed by atoms with van der Waals surface area (Å²) in [5.74, 6) is -1.24. The molecule has 0 radical (unpaired) electrons. The Kier molecular flexibility index (Phi) is 5.86. The fourth-order valence-corrected chi connectivity index (χ4v) is 3.65. The van der Waals surface area contributed by atoms with Crippen molar-refractivity contribution in [3.63, 3.8) is 0 Å². The van der Waals surface area contributed by atoms with Crippen molar-refractivity contribution in [2.75, 3.05) is 19.8 Å². The maximum absolute atomic E-state index is 15.0. The quantitative estimate of drug-likeness (QED) is 0.619. The van der Waals surface area contributed by atoms with Crippen LogP contribution < -0.4 is 10.5 Å². The van der Waals surface area contributed by atoms with Crippen LogP contribution in [0.5, 0.6) is 5.75 Å². The number of hydrogen-bond donors (Lipinski definition) is 2. The van der Waals surface area contributed by atoms with Crippen LogP contribution in [0, 0.1) is 12.7 Å². The normalized spacial score (nSPS) is 13.5. The van der Waals surface area contributed by atoms with E-state index in [0.717, 1.165) is 0 Å². The van der Waals surface area contributed by atoms with Gasteiger partial charge >= 0.3 is 0 Å². The van der Waals surface area contributed by atoms with Crippen LogP contribution in [0.25, 0.3) is 5.52 Å². The zero-order valence-corrected chi connectivity index (χ0v) is 19.0. The molecule has 0 aliphatic heterocycles. The molecule has 3 rings (SSSR count). The van der Waals surface area contributed by atoms with Gasteiger partial charge in [-0.2, -0.15) is 0 Å². The van der Waals surface area contributed by atoms with Crippen LogP contribution in [0.4, 0.5) is 10.2 Å². The lowest BCUT2D eigenvalue weighted by atomic mass is 9.91. The van der Waals surface area contributed by atoms with Crippen LogP contribution in [-0.4, -0.2) is 50.5 Å². The molecule has 10 heteroatoms. The van der Waals surface area contributed by atoms with Crippen molar-refractivity contribution in [2.24, 2.45) is 0 Å². The number of carbonyl (C=O) groups is 1. The topological polar surface area (TPSA) is 106 Å². The molecule has 1 amide bonds. The third-order valence-electron chi connectivity index (χ3n) is 4.86. The highest BCUT2D eigenvalue weighted by molar-refractivity contribution is 6.31. The van der Waals surface area contributed by atoms with Crippen molar-refractivity contribution in [3.05, 3.63) is 51.9 Å². The van der Waals surface area contributed by atoms with Gasteiger partial charge in [0.1, 0.15) is 34.1 Å². The van der Waals surface area contributed by atoms with Gasteiger partial charge in [0.05, 0.1) is 16.8 Å². The number of rotatable bonds is 5. The number of imidazole rings is 1. The zero-order chi connectivity index (χ0) is 23.2. The summed E-state index contributed by atoms with van der Waals surface area (Å²) < 4.78 is 22.5. The Morgan fingerprint density at radius 1 is 1.42 bits per heavy atom. The van der Waals surface area contributed by atoms with E-state index in [9.17, 15) is 9.90 Å². The van der Waals surface area contributed by atoms with Crippen molar-refractivity contribution in [2.45, 2.75) is 39.4 Å². The molecule has 0 bridgehead atoms. The second-order valence-electron chi connectivity index (χ2n) is 7.91. The van der Waals surface area contributed by atoms with E-state index in [2.05, 4.69) is 9.97 Å². The van der Waals surface area contributed by atoms with Gasteiger partial charge in [-0.3, -0.25) is 9.20 Å². The SMILES string of the molecule is Cc1nc([C@@](C)(O)c2cc(Cl)c(F)c(C(=O)N(C)C)c2OC(C)C)n2ccnc(N)c12. The third-order valence-corrected chi connectivity index (χ3v) is 5.14. The van der Waals surface area contributed by atoms with Crippen LogP contribution in [0.2, 0.25) is 5.02 Å². The van der Waals surface area contributed by atoms with Gasteiger partial charge < -0.3 is 20.5 Å². The van der Waals surface area contributed by atoms with Crippen LogP contribution in [0.3, 0.4) is 0 Å². The van der Waals surface area contributed by atoms with E-state index in [-0.39, 0.29) is 33.5 Å². The van der Waals surface area contributed by atoms with Crippen LogP contribution in [0.15, 0.2) is 18.5 Å². The Hall–Kier alpha value is -2.91. The summed E-state index contributed by atoms with van der Waals surface area (Å²) in [6.07, 6.45) is 2.67. The highest BCUT2D eigenvalue weighted by Gasteiger charge is 2.39. The summed E-state index contributed by atoms with van der Waals surface area (Å²) in [5.41, 5.74) is 4.98. The summed E-state index contributed by atoms with van der Waals surface area (Å²) >= 11 is 6.15. The summed E-state index contributed by atoms with van der Waals surface area (Å²) in [7, 11) is 2.97.